The van der Waals surface area contributed by atoms with Crippen LogP contribution in [0.4, 0.5) is 5.69 Å². The minimum Gasteiger partial charge on any atom is -0.335 e. The molecule has 2 aliphatic rings. The minimum absolute atomic E-state index is 0.0790. The molecule has 1 saturated heterocycles. The van der Waals surface area contributed by atoms with Crippen molar-refractivity contribution < 1.29 is 22.6 Å². The molecule has 2 amide bonds. The third-order valence-corrected chi connectivity index (χ3v) is 9.49. The minimum atomic E-state index is -4.09. The SMILES string of the molecule is CCCCN1C(=O)C(=C/C=C/C=C2/Sc3ccc(-c4ccccc4)cc3N2CCCS(=O)(=O)O)C(=O)N(CCCC)C1=S. The highest BCUT2D eigenvalue weighted by atomic mass is 32.2. The van der Waals surface area contributed by atoms with E-state index in [-0.39, 0.29) is 34.7 Å². The van der Waals surface area contributed by atoms with Crippen LogP contribution in [-0.4, -0.2) is 65.1 Å². The lowest BCUT2D eigenvalue weighted by Gasteiger charge is -2.36. The van der Waals surface area contributed by atoms with Crippen molar-refractivity contribution in [2.45, 2.75) is 50.8 Å². The normalized spacial score (nSPS) is 16.6. The number of carbonyl (C=O) groups excluding carboxylic acids is 2. The monoisotopic (exact) mass is 639 g/mol. The molecule has 0 atom stereocenters. The molecule has 1 N–H and O–H groups in total. The van der Waals surface area contributed by atoms with Crippen LogP contribution in [0.3, 0.4) is 0 Å². The van der Waals surface area contributed by atoms with Gasteiger partial charge in [-0.1, -0.05) is 87.0 Å². The molecule has 228 valence electrons. The zero-order chi connectivity index (χ0) is 31.0. The van der Waals surface area contributed by atoms with Crippen LogP contribution in [0.25, 0.3) is 11.1 Å². The highest BCUT2D eigenvalue weighted by Crippen LogP contribution is 2.47. The number of rotatable bonds is 13. The summed E-state index contributed by atoms with van der Waals surface area (Å²) in [7, 11) is -4.09. The fourth-order valence-electron chi connectivity index (χ4n) is 4.83. The number of carbonyl (C=O) groups is 2. The van der Waals surface area contributed by atoms with Crippen LogP contribution in [0.1, 0.15) is 46.0 Å². The van der Waals surface area contributed by atoms with E-state index < -0.39 is 10.1 Å². The Labute approximate surface area is 263 Å². The van der Waals surface area contributed by atoms with Crippen LogP contribution in [0.2, 0.25) is 0 Å². The van der Waals surface area contributed by atoms with E-state index in [1.807, 2.05) is 61.2 Å². The number of allylic oxidation sites excluding steroid dienone is 4. The van der Waals surface area contributed by atoms with Gasteiger partial charge in [0.15, 0.2) is 5.11 Å². The summed E-state index contributed by atoms with van der Waals surface area (Å²) in [6.07, 6.45) is 10.5. The van der Waals surface area contributed by atoms with Crippen molar-refractivity contribution in [3.8, 4) is 11.1 Å². The molecule has 0 aromatic heterocycles. The molecule has 2 aromatic rings. The number of amides is 2. The quantitative estimate of drug-likeness (QED) is 0.116. The average molecular weight is 640 g/mol. The van der Waals surface area contributed by atoms with Crippen LogP contribution >= 0.6 is 24.0 Å². The molecular weight excluding hydrogens is 603 g/mol. The van der Waals surface area contributed by atoms with Gasteiger partial charge in [-0.2, -0.15) is 8.42 Å². The first kappa shape index (κ1) is 32.7. The second-order valence-corrected chi connectivity index (χ2v) is 13.3. The Morgan fingerprint density at radius 1 is 0.814 bits per heavy atom. The molecule has 2 heterocycles. The van der Waals surface area contributed by atoms with Crippen LogP contribution < -0.4 is 4.90 Å². The van der Waals surface area contributed by atoms with Gasteiger partial charge in [0.25, 0.3) is 21.9 Å². The van der Waals surface area contributed by atoms with Gasteiger partial charge in [0.2, 0.25) is 0 Å². The predicted octanol–water partition coefficient (Wildman–Crippen LogP) is 6.42. The van der Waals surface area contributed by atoms with Gasteiger partial charge in [0.1, 0.15) is 5.57 Å². The molecule has 2 aliphatic heterocycles. The summed E-state index contributed by atoms with van der Waals surface area (Å²) < 4.78 is 32.1. The molecule has 11 heteroatoms. The van der Waals surface area contributed by atoms with Crippen molar-refractivity contribution in [1.82, 2.24) is 9.80 Å². The maximum atomic E-state index is 13.3. The summed E-state index contributed by atoms with van der Waals surface area (Å²) in [4.78, 5) is 32.6. The van der Waals surface area contributed by atoms with Crippen molar-refractivity contribution in [3.63, 3.8) is 0 Å². The number of nitrogens with zero attached hydrogens (tertiary/aromatic N) is 3. The molecule has 0 radical (unpaired) electrons. The van der Waals surface area contributed by atoms with Crippen molar-refractivity contribution in [2.75, 3.05) is 30.3 Å². The second kappa shape index (κ2) is 15.0. The molecule has 0 aliphatic carbocycles. The van der Waals surface area contributed by atoms with E-state index in [0.29, 0.717) is 19.6 Å². The molecule has 0 spiro atoms. The number of fused-ring (bicyclic) bond motifs is 1. The third-order valence-electron chi connectivity index (χ3n) is 7.12. The van der Waals surface area contributed by atoms with Gasteiger partial charge in [0, 0.05) is 24.5 Å². The van der Waals surface area contributed by atoms with Gasteiger partial charge >= 0.3 is 0 Å². The van der Waals surface area contributed by atoms with Gasteiger partial charge in [-0.3, -0.25) is 23.9 Å². The Hall–Kier alpha value is -3.25. The highest BCUT2D eigenvalue weighted by molar-refractivity contribution is 8.03. The lowest BCUT2D eigenvalue weighted by molar-refractivity contribution is -0.133. The Kier molecular flexibility index (Phi) is 11.4. The number of unbranched alkanes of at least 4 members (excludes halogenated alkanes) is 2. The number of anilines is 1. The van der Waals surface area contributed by atoms with Crippen molar-refractivity contribution >= 4 is 56.7 Å². The molecule has 43 heavy (non-hydrogen) atoms. The zero-order valence-corrected chi connectivity index (χ0v) is 26.9. The summed E-state index contributed by atoms with van der Waals surface area (Å²) in [5, 5.41) is 1.14. The van der Waals surface area contributed by atoms with Crippen LogP contribution in [0.15, 0.2) is 88.3 Å². The first-order valence-electron chi connectivity index (χ1n) is 14.5. The van der Waals surface area contributed by atoms with Crippen molar-refractivity contribution in [2.24, 2.45) is 0 Å². The fraction of sp³-hybridized carbons (Fsp3) is 0.344. The number of thioether (sulfide) groups is 1. The molecule has 1 fully saturated rings. The zero-order valence-electron chi connectivity index (χ0n) is 24.4. The van der Waals surface area contributed by atoms with E-state index in [1.54, 1.807) is 30.0 Å². The van der Waals surface area contributed by atoms with E-state index in [2.05, 4.69) is 12.1 Å². The lowest BCUT2D eigenvalue weighted by atomic mass is 10.0. The standard InChI is InChI=1S/C32H37N3O5S3/c1-3-5-19-34-30(36)26(31(37)35(32(34)41)20-6-4-2)15-10-11-16-29-33(21-12-22-43(38,39)40)27-23-25(17-18-28(27)42-29)24-13-8-7-9-14-24/h7-11,13-18,23H,3-6,12,19-22H2,1-2H3,(H,38,39,40)/b11-10+,29-16+. The van der Waals surface area contributed by atoms with Crippen LogP contribution in [0, 0.1) is 0 Å². The molecule has 2 aromatic carbocycles. The smallest absolute Gasteiger partial charge is 0.265 e. The Morgan fingerprint density at radius 2 is 1.42 bits per heavy atom. The molecule has 4 rings (SSSR count). The fourth-order valence-corrected chi connectivity index (χ4v) is 6.76. The maximum Gasteiger partial charge on any atom is 0.265 e. The van der Waals surface area contributed by atoms with Crippen LogP contribution in [0.5, 0.6) is 0 Å². The maximum absolute atomic E-state index is 13.3. The molecular formula is C32H37N3O5S3. The van der Waals surface area contributed by atoms with Gasteiger partial charge in [-0.25, -0.2) is 0 Å². The summed E-state index contributed by atoms with van der Waals surface area (Å²) in [6, 6.07) is 16.2. The Morgan fingerprint density at radius 3 is 2.02 bits per heavy atom. The van der Waals surface area contributed by atoms with Gasteiger partial charge in [0.05, 0.1) is 16.5 Å². The summed E-state index contributed by atoms with van der Waals surface area (Å²) in [5.41, 5.74) is 3.13. The number of hydrogen-bond donors (Lipinski definition) is 1. The third kappa shape index (κ3) is 8.23. The summed E-state index contributed by atoms with van der Waals surface area (Å²) in [5.74, 6) is -1.10. The van der Waals surface area contributed by atoms with E-state index in [1.165, 1.54) is 9.80 Å². The molecule has 0 bridgehead atoms. The van der Waals surface area contributed by atoms with Gasteiger partial charge < -0.3 is 4.90 Å². The van der Waals surface area contributed by atoms with Crippen molar-refractivity contribution in [1.29, 1.82) is 0 Å². The Bertz CT molecular complexity index is 1520. The average Bonchev–Trinajstić information content (AvgIpc) is 3.33. The number of thiocarbonyl (C=S) groups is 1. The highest BCUT2D eigenvalue weighted by Gasteiger charge is 2.38. The van der Waals surface area contributed by atoms with Crippen LogP contribution in [-0.2, 0) is 19.7 Å². The molecule has 0 saturated carbocycles. The van der Waals surface area contributed by atoms with E-state index in [0.717, 1.165) is 52.4 Å². The van der Waals surface area contributed by atoms with E-state index in [4.69, 9.17) is 12.2 Å². The van der Waals surface area contributed by atoms with Gasteiger partial charge in [-0.15, -0.1) is 0 Å². The van der Waals surface area contributed by atoms with Crippen molar-refractivity contribution in [3.05, 3.63) is 83.4 Å². The topological polar surface area (TPSA) is 98.2 Å². The first-order chi connectivity index (χ1) is 20.6. The second-order valence-electron chi connectivity index (χ2n) is 10.3. The summed E-state index contributed by atoms with van der Waals surface area (Å²) in [6.45, 7) is 5.39. The lowest BCUT2D eigenvalue weighted by Crippen LogP contribution is -2.56. The molecule has 0 unspecified atom stereocenters. The Balaban J connectivity index is 1.60. The molecule has 8 nitrogen and oxygen atoms in total. The first-order valence-corrected chi connectivity index (χ1v) is 17.3. The number of hydrogen-bond acceptors (Lipinski definition) is 7. The van der Waals surface area contributed by atoms with E-state index in [9.17, 15) is 22.6 Å². The number of benzene rings is 2. The predicted molar refractivity (Wildman–Crippen MR) is 177 cm³/mol. The summed E-state index contributed by atoms with van der Waals surface area (Å²) >= 11 is 7.08. The van der Waals surface area contributed by atoms with Gasteiger partial charge in [-0.05, 0) is 66.9 Å². The largest absolute Gasteiger partial charge is 0.335 e. The van der Waals surface area contributed by atoms with E-state index >= 15 is 0 Å².